The normalized spacial score (nSPS) is 11.6. The van der Waals surface area contributed by atoms with Crippen molar-refractivity contribution >= 4 is 39.7 Å². The monoisotopic (exact) mass is 445 g/mol. The lowest BCUT2D eigenvalue weighted by Crippen LogP contribution is -2.20. The number of furan rings is 1. The summed E-state index contributed by atoms with van der Waals surface area (Å²) in [7, 11) is 1.58. The van der Waals surface area contributed by atoms with Gasteiger partial charge in [0.2, 0.25) is 5.82 Å². The molecule has 3 aromatic carbocycles. The highest BCUT2D eigenvalue weighted by Crippen LogP contribution is 2.33. The molecule has 32 heavy (non-hydrogen) atoms. The van der Waals surface area contributed by atoms with Crippen molar-refractivity contribution in [2.45, 2.75) is 0 Å². The molecule has 0 amide bonds. The summed E-state index contributed by atoms with van der Waals surface area (Å²) in [6.45, 7) is 0. The first-order chi connectivity index (χ1) is 15.5. The molecule has 1 N–H and O–H groups in total. The Kier molecular flexibility index (Phi) is 4.88. The summed E-state index contributed by atoms with van der Waals surface area (Å²) in [5.74, 6) is 1.22. The topological polar surface area (TPSA) is 89.9 Å². The number of rotatable bonds is 4. The highest BCUT2D eigenvalue weighted by atomic mass is 35.5. The maximum Gasteiger partial charge on any atom is 0.282 e. The van der Waals surface area contributed by atoms with Crippen molar-refractivity contribution in [1.29, 1.82) is 0 Å². The van der Waals surface area contributed by atoms with Crippen LogP contribution in [0.4, 0.5) is 0 Å². The number of fused-ring (bicyclic) bond motifs is 2. The van der Waals surface area contributed by atoms with E-state index >= 15 is 0 Å². The second-order valence-corrected chi connectivity index (χ2v) is 7.41. The summed E-state index contributed by atoms with van der Waals surface area (Å²) in [4.78, 5) is 17.9. The van der Waals surface area contributed by atoms with Gasteiger partial charge in [-0.2, -0.15) is 9.78 Å². The van der Waals surface area contributed by atoms with Crippen LogP contribution in [0.25, 0.3) is 33.5 Å². The molecular weight excluding hydrogens is 430 g/mol. The second-order valence-electron chi connectivity index (χ2n) is 7.01. The van der Waals surface area contributed by atoms with Crippen LogP contribution in [-0.4, -0.2) is 28.1 Å². The molecule has 2 aromatic heterocycles. The van der Waals surface area contributed by atoms with Crippen LogP contribution in [0, 0.1) is 0 Å². The van der Waals surface area contributed by atoms with Gasteiger partial charge in [0, 0.05) is 0 Å². The minimum absolute atomic E-state index is 0.0368. The van der Waals surface area contributed by atoms with Gasteiger partial charge in [-0.15, -0.1) is 0 Å². The number of phenols is 1. The molecule has 5 rings (SSSR count). The first kappa shape index (κ1) is 19.8. The molecule has 0 fully saturated rings. The van der Waals surface area contributed by atoms with Crippen LogP contribution in [0.5, 0.6) is 11.5 Å². The van der Waals surface area contributed by atoms with E-state index in [1.807, 2.05) is 24.3 Å². The number of nitrogens with zero attached hydrogens (tertiary/aromatic N) is 3. The average molecular weight is 446 g/mol. The highest BCUT2D eigenvalue weighted by Gasteiger charge is 2.17. The molecule has 0 radical (unpaired) electrons. The molecule has 7 nitrogen and oxygen atoms in total. The fourth-order valence-electron chi connectivity index (χ4n) is 3.44. The molecule has 2 heterocycles. The first-order valence-electron chi connectivity index (χ1n) is 9.67. The van der Waals surface area contributed by atoms with Crippen molar-refractivity contribution in [3.63, 3.8) is 0 Å². The summed E-state index contributed by atoms with van der Waals surface area (Å²) < 4.78 is 12.6. The number of para-hydroxylation sites is 1. The number of halogens is 1. The Morgan fingerprint density at radius 3 is 2.75 bits per heavy atom. The molecule has 158 valence electrons. The SMILES string of the molecule is COc1cccc2oc(-c3nc4ccccc4c(=O)n3N=Cc3ccc(O)c(Cl)c3)cc12. The van der Waals surface area contributed by atoms with Gasteiger partial charge in [0.25, 0.3) is 5.56 Å². The average Bonchev–Trinajstić information content (AvgIpc) is 3.25. The number of hydrogen-bond donors (Lipinski definition) is 1. The number of methoxy groups -OCH3 is 1. The standard InChI is InChI=1S/C24H16ClN3O4/c1-31-20-7-4-8-21-16(20)12-22(32-21)23-27-18-6-3-2-5-15(18)24(30)28(23)26-13-14-9-10-19(29)17(25)11-14/h2-13,29H,1H3. The second kappa shape index (κ2) is 7.86. The van der Waals surface area contributed by atoms with Crippen LogP contribution >= 0.6 is 11.6 Å². The van der Waals surface area contributed by atoms with E-state index in [2.05, 4.69) is 10.1 Å². The molecule has 0 spiro atoms. The van der Waals surface area contributed by atoms with Crippen LogP contribution in [-0.2, 0) is 0 Å². The van der Waals surface area contributed by atoms with Crippen molar-refractivity contribution in [3.8, 4) is 23.1 Å². The molecule has 5 aromatic rings. The number of ether oxygens (including phenoxy) is 1. The number of aromatic hydroxyl groups is 1. The molecule has 8 heteroatoms. The van der Waals surface area contributed by atoms with Crippen LogP contribution in [0.3, 0.4) is 0 Å². The Bertz CT molecular complexity index is 1570. The van der Waals surface area contributed by atoms with E-state index < -0.39 is 0 Å². The third-order valence-electron chi connectivity index (χ3n) is 5.01. The summed E-state index contributed by atoms with van der Waals surface area (Å²) in [6, 6.07) is 18.9. The molecule has 0 unspecified atom stereocenters. The lowest BCUT2D eigenvalue weighted by atomic mass is 10.2. The van der Waals surface area contributed by atoms with E-state index in [1.165, 1.54) is 17.0 Å². The van der Waals surface area contributed by atoms with Gasteiger partial charge in [0.15, 0.2) is 5.76 Å². The van der Waals surface area contributed by atoms with E-state index in [-0.39, 0.29) is 22.2 Å². The quantitative estimate of drug-likeness (QED) is 0.390. The molecule has 0 saturated heterocycles. The number of hydrogen-bond acceptors (Lipinski definition) is 6. The maximum atomic E-state index is 13.3. The van der Waals surface area contributed by atoms with Gasteiger partial charge in [0.05, 0.1) is 34.6 Å². The molecule has 0 aliphatic rings. The van der Waals surface area contributed by atoms with Gasteiger partial charge in [-0.05, 0) is 54.1 Å². The van der Waals surface area contributed by atoms with Gasteiger partial charge in [-0.3, -0.25) is 4.79 Å². The summed E-state index contributed by atoms with van der Waals surface area (Å²) in [5.41, 5.74) is 1.38. The van der Waals surface area contributed by atoms with Gasteiger partial charge in [-0.25, -0.2) is 4.98 Å². The molecule has 0 aliphatic carbocycles. The van der Waals surface area contributed by atoms with Crippen LogP contribution < -0.4 is 10.3 Å². The Morgan fingerprint density at radius 1 is 1.09 bits per heavy atom. The first-order valence-corrected chi connectivity index (χ1v) is 10.0. The number of benzene rings is 3. The fraction of sp³-hybridized carbons (Fsp3) is 0.0417. The number of phenolic OH excluding ortho intramolecular Hbond substituents is 1. The summed E-state index contributed by atoms with van der Waals surface area (Å²) >= 11 is 5.99. The van der Waals surface area contributed by atoms with Gasteiger partial charge >= 0.3 is 0 Å². The Hall–Kier alpha value is -4.10. The lowest BCUT2D eigenvalue weighted by molar-refractivity contribution is 0.419. The Balaban J connectivity index is 1.74. The fourth-order valence-corrected chi connectivity index (χ4v) is 3.63. The molecule has 0 saturated carbocycles. The zero-order chi connectivity index (χ0) is 22.2. The van der Waals surface area contributed by atoms with Gasteiger partial charge in [0.1, 0.15) is 17.1 Å². The minimum atomic E-state index is -0.348. The van der Waals surface area contributed by atoms with E-state index in [9.17, 15) is 9.90 Å². The molecule has 0 aliphatic heterocycles. The largest absolute Gasteiger partial charge is 0.506 e. The third kappa shape index (κ3) is 3.38. The van der Waals surface area contributed by atoms with E-state index in [0.29, 0.717) is 33.6 Å². The predicted octanol–water partition coefficient (Wildman–Crippen LogP) is 5.06. The van der Waals surface area contributed by atoms with Crippen molar-refractivity contribution in [1.82, 2.24) is 9.66 Å². The van der Waals surface area contributed by atoms with Crippen molar-refractivity contribution in [3.05, 3.63) is 87.7 Å². The zero-order valence-electron chi connectivity index (χ0n) is 16.8. The van der Waals surface area contributed by atoms with Crippen LogP contribution in [0.1, 0.15) is 5.56 Å². The number of aromatic nitrogens is 2. The predicted molar refractivity (Wildman–Crippen MR) is 124 cm³/mol. The van der Waals surface area contributed by atoms with E-state index in [4.69, 9.17) is 20.8 Å². The summed E-state index contributed by atoms with van der Waals surface area (Å²) in [6.07, 6.45) is 1.47. The molecule has 0 atom stereocenters. The highest BCUT2D eigenvalue weighted by molar-refractivity contribution is 6.32. The maximum absolute atomic E-state index is 13.3. The third-order valence-corrected chi connectivity index (χ3v) is 5.31. The van der Waals surface area contributed by atoms with Crippen molar-refractivity contribution in [2.24, 2.45) is 5.10 Å². The van der Waals surface area contributed by atoms with Crippen LogP contribution in [0.15, 0.2) is 81.0 Å². The minimum Gasteiger partial charge on any atom is -0.506 e. The Morgan fingerprint density at radius 2 is 1.94 bits per heavy atom. The van der Waals surface area contributed by atoms with Crippen molar-refractivity contribution in [2.75, 3.05) is 7.11 Å². The smallest absolute Gasteiger partial charge is 0.282 e. The Labute approximate surface area is 186 Å². The lowest BCUT2D eigenvalue weighted by Gasteiger charge is -2.07. The molecular formula is C24H16ClN3O4. The van der Waals surface area contributed by atoms with E-state index in [1.54, 1.807) is 43.5 Å². The van der Waals surface area contributed by atoms with Gasteiger partial charge < -0.3 is 14.3 Å². The molecule has 0 bridgehead atoms. The van der Waals surface area contributed by atoms with Crippen molar-refractivity contribution < 1.29 is 14.3 Å². The van der Waals surface area contributed by atoms with E-state index in [0.717, 1.165) is 5.39 Å². The summed E-state index contributed by atoms with van der Waals surface area (Å²) in [5, 5.41) is 15.4. The van der Waals surface area contributed by atoms with Crippen LogP contribution in [0.2, 0.25) is 5.02 Å². The zero-order valence-corrected chi connectivity index (χ0v) is 17.6. The van der Waals surface area contributed by atoms with Gasteiger partial charge in [-0.1, -0.05) is 29.8 Å².